The van der Waals surface area contributed by atoms with Crippen LogP contribution in [0.3, 0.4) is 0 Å². The van der Waals surface area contributed by atoms with Crippen LogP contribution in [0.25, 0.3) is 0 Å². The Hall–Kier alpha value is -3.56. The number of nitrogens with two attached hydrogens (primary N) is 1. The summed E-state index contributed by atoms with van der Waals surface area (Å²) < 4.78 is 33.6. The Kier molecular flexibility index (Phi) is 7.57. The standard InChI is InChI=1S/C23H22ClN3O5S/c1-2-32-18-11-9-17(10-12-18)27-33(30,31)20-14-16(8-13-19(20)24)23(29)26-21(22(25)28)15-6-4-3-5-7-15/h3-14,21,27H,2H2,1H3,(H2,25,28)(H,26,29). The average molecular weight is 488 g/mol. The Balaban J connectivity index is 1.84. The number of carbonyl (C=O) groups is 2. The lowest BCUT2D eigenvalue weighted by Crippen LogP contribution is -2.37. The second kappa shape index (κ2) is 10.4. The smallest absolute Gasteiger partial charge is 0.263 e. The number of amides is 2. The largest absolute Gasteiger partial charge is 0.494 e. The van der Waals surface area contributed by atoms with Gasteiger partial charge in [0.1, 0.15) is 16.7 Å². The maximum atomic E-state index is 12.9. The third kappa shape index (κ3) is 6.03. The van der Waals surface area contributed by atoms with Crippen LogP contribution in [0.5, 0.6) is 5.75 Å². The molecule has 0 fully saturated rings. The van der Waals surface area contributed by atoms with E-state index in [9.17, 15) is 18.0 Å². The zero-order valence-corrected chi connectivity index (χ0v) is 19.2. The molecule has 1 atom stereocenters. The summed E-state index contributed by atoms with van der Waals surface area (Å²) >= 11 is 6.13. The van der Waals surface area contributed by atoms with Crippen LogP contribution < -0.4 is 20.5 Å². The number of hydrogen-bond donors (Lipinski definition) is 3. The number of primary amides is 1. The van der Waals surface area contributed by atoms with Crippen LogP contribution in [-0.2, 0) is 14.8 Å². The molecule has 0 saturated carbocycles. The summed E-state index contributed by atoms with van der Waals surface area (Å²) in [5.74, 6) is -0.843. The average Bonchev–Trinajstić information content (AvgIpc) is 2.79. The minimum atomic E-state index is -4.12. The normalized spacial score (nSPS) is 11.9. The van der Waals surface area contributed by atoms with Crippen LogP contribution in [-0.4, -0.2) is 26.8 Å². The van der Waals surface area contributed by atoms with Crippen molar-refractivity contribution in [1.29, 1.82) is 0 Å². The fraction of sp³-hybridized carbons (Fsp3) is 0.130. The topological polar surface area (TPSA) is 128 Å². The summed E-state index contributed by atoms with van der Waals surface area (Å²) in [4.78, 5) is 24.4. The van der Waals surface area contributed by atoms with Gasteiger partial charge in [-0.25, -0.2) is 8.42 Å². The van der Waals surface area contributed by atoms with Gasteiger partial charge in [-0.15, -0.1) is 0 Å². The first-order valence-corrected chi connectivity index (χ1v) is 11.8. The van der Waals surface area contributed by atoms with Gasteiger partial charge in [0.2, 0.25) is 5.91 Å². The summed E-state index contributed by atoms with van der Waals surface area (Å²) in [6.45, 7) is 2.32. The van der Waals surface area contributed by atoms with Crippen LogP contribution >= 0.6 is 11.6 Å². The van der Waals surface area contributed by atoms with Crippen LogP contribution in [0.1, 0.15) is 28.9 Å². The number of nitrogens with one attached hydrogen (secondary N) is 2. The lowest BCUT2D eigenvalue weighted by molar-refractivity contribution is -0.120. The third-order valence-electron chi connectivity index (χ3n) is 4.59. The van der Waals surface area contributed by atoms with Crippen molar-refractivity contribution in [2.24, 2.45) is 5.73 Å². The van der Waals surface area contributed by atoms with E-state index in [1.54, 1.807) is 54.6 Å². The molecule has 3 aromatic rings. The predicted octanol–water partition coefficient (Wildman–Crippen LogP) is 3.50. The monoisotopic (exact) mass is 487 g/mol. The highest BCUT2D eigenvalue weighted by Gasteiger charge is 2.24. The molecule has 0 aliphatic heterocycles. The number of halogens is 1. The van der Waals surface area contributed by atoms with Crippen LogP contribution in [0.2, 0.25) is 5.02 Å². The predicted molar refractivity (Wildman–Crippen MR) is 126 cm³/mol. The Bertz CT molecular complexity index is 1250. The molecule has 0 aliphatic carbocycles. The third-order valence-corrected chi connectivity index (χ3v) is 6.46. The van der Waals surface area contributed by atoms with Gasteiger partial charge in [0.05, 0.1) is 11.6 Å². The minimum absolute atomic E-state index is 0.00588. The van der Waals surface area contributed by atoms with Crippen LogP contribution in [0.15, 0.2) is 77.7 Å². The summed E-state index contributed by atoms with van der Waals surface area (Å²) in [7, 11) is -4.12. The molecule has 0 bridgehead atoms. The minimum Gasteiger partial charge on any atom is -0.494 e. The zero-order valence-electron chi connectivity index (χ0n) is 17.6. The molecule has 2 amide bonds. The van der Waals surface area contributed by atoms with E-state index in [1.165, 1.54) is 12.1 Å². The molecule has 0 saturated heterocycles. The number of rotatable bonds is 9. The molecular formula is C23H22ClN3O5S. The van der Waals surface area contributed by atoms with Gasteiger partial charge in [0, 0.05) is 11.3 Å². The summed E-state index contributed by atoms with van der Waals surface area (Å²) in [5.41, 5.74) is 6.23. The van der Waals surface area contributed by atoms with E-state index in [0.29, 0.717) is 23.6 Å². The first-order chi connectivity index (χ1) is 15.7. The van der Waals surface area contributed by atoms with Crippen molar-refractivity contribution in [2.75, 3.05) is 11.3 Å². The van der Waals surface area contributed by atoms with Crippen molar-refractivity contribution in [2.45, 2.75) is 17.9 Å². The van der Waals surface area contributed by atoms with Gasteiger partial charge in [-0.05, 0) is 55.0 Å². The Morgan fingerprint density at radius 2 is 1.70 bits per heavy atom. The highest BCUT2D eigenvalue weighted by Crippen LogP contribution is 2.26. The number of anilines is 1. The first-order valence-electron chi connectivity index (χ1n) is 9.91. The molecule has 10 heteroatoms. The van der Waals surface area contributed by atoms with Gasteiger partial charge >= 0.3 is 0 Å². The first kappa shape index (κ1) is 24.1. The van der Waals surface area contributed by atoms with E-state index < -0.39 is 27.9 Å². The van der Waals surface area contributed by atoms with E-state index in [1.807, 2.05) is 6.92 Å². The maximum Gasteiger partial charge on any atom is 0.263 e. The highest BCUT2D eigenvalue weighted by molar-refractivity contribution is 7.92. The lowest BCUT2D eigenvalue weighted by Gasteiger charge is -2.16. The van der Waals surface area contributed by atoms with Crippen molar-refractivity contribution in [1.82, 2.24) is 5.32 Å². The van der Waals surface area contributed by atoms with Crippen molar-refractivity contribution < 1.29 is 22.7 Å². The van der Waals surface area contributed by atoms with Gasteiger partial charge in [-0.3, -0.25) is 14.3 Å². The van der Waals surface area contributed by atoms with E-state index in [4.69, 9.17) is 22.1 Å². The van der Waals surface area contributed by atoms with Gasteiger partial charge in [0.25, 0.3) is 15.9 Å². The van der Waals surface area contributed by atoms with E-state index >= 15 is 0 Å². The lowest BCUT2D eigenvalue weighted by atomic mass is 10.1. The Morgan fingerprint density at radius 3 is 2.30 bits per heavy atom. The van der Waals surface area contributed by atoms with Crippen LogP contribution in [0, 0.1) is 0 Å². The van der Waals surface area contributed by atoms with Crippen LogP contribution in [0.4, 0.5) is 5.69 Å². The highest BCUT2D eigenvalue weighted by atomic mass is 35.5. The van der Waals surface area contributed by atoms with Crippen molar-refractivity contribution in [3.63, 3.8) is 0 Å². The van der Waals surface area contributed by atoms with E-state index in [0.717, 1.165) is 6.07 Å². The molecule has 172 valence electrons. The SMILES string of the molecule is CCOc1ccc(NS(=O)(=O)c2cc(C(=O)NC(C(N)=O)c3ccccc3)ccc2Cl)cc1. The molecule has 4 N–H and O–H groups in total. The quantitative estimate of drug-likeness (QED) is 0.425. The zero-order chi connectivity index (χ0) is 24.0. The number of sulfonamides is 1. The molecule has 33 heavy (non-hydrogen) atoms. The molecule has 0 spiro atoms. The van der Waals surface area contributed by atoms with E-state index in [-0.39, 0.29) is 15.5 Å². The second-order valence-electron chi connectivity index (χ2n) is 6.93. The van der Waals surface area contributed by atoms with Crippen molar-refractivity contribution in [3.05, 3.63) is 88.9 Å². The molecule has 8 nitrogen and oxygen atoms in total. The second-order valence-corrected chi connectivity index (χ2v) is 8.99. The maximum absolute atomic E-state index is 12.9. The van der Waals surface area contributed by atoms with Gasteiger partial charge in [-0.2, -0.15) is 0 Å². The summed E-state index contributed by atoms with van der Waals surface area (Å²) in [6.07, 6.45) is 0. The molecule has 0 aromatic heterocycles. The summed E-state index contributed by atoms with van der Waals surface area (Å²) in [5, 5.41) is 2.46. The molecular weight excluding hydrogens is 466 g/mol. The molecule has 0 heterocycles. The fourth-order valence-corrected chi connectivity index (χ4v) is 4.61. The van der Waals surface area contributed by atoms with Crippen molar-refractivity contribution in [3.8, 4) is 5.75 Å². The number of ether oxygens (including phenoxy) is 1. The summed E-state index contributed by atoms with van der Waals surface area (Å²) in [6, 6.07) is 17.5. The molecule has 1 unspecified atom stereocenters. The fourth-order valence-electron chi connectivity index (χ4n) is 3.03. The van der Waals surface area contributed by atoms with Gasteiger partial charge < -0.3 is 15.8 Å². The number of benzene rings is 3. The van der Waals surface area contributed by atoms with Gasteiger partial charge in [-0.1, -0.05) is 41.9 Å². The number of hydrogen-bond acceptors (Lipinski definition) is 5. The molecule has 3 rings (SSSR count). The molecule has 0 radical (unpaired) electrons. The Morgan fingerprint density at radius 1 is 1.03 bits per heavy atom. The van der Waals surface area contributed by atoms with E-state index in [2.05, 4.69) is 10.0 Å². The Labute approximate surface area is 196 Å². The molecule has 3 aromatic carbocycles. The number of carbonyl (C=O) groups excluding carboxylic acids is 2. The van der Waals surface area contributed by atoms with Gasteiger partial charge in [0.15, 0.2) is 0 Å². The molecule has 0 aliphatic rings. The van der Waals surface area contributed by atoms with Crippen molar-refractivity contribution >= 4 is 39.1 Å².